The van der Waals surface area contributed by atoms with Crippen LogP contribution in [0.5, 0.6) is 0 Å². The average molecular weight is 236 g/mol. The molecule has 0 aromatic heterocycles. The highest BCUT2D eigenvalue weighted by molar-refractivity contribution is 4.90. The first kappa shape index (κ1) is 15.2. The average Bonchev–Trinajstić information content (AvgIpc) is 2.10. The summed E-state index contributed by atoms with van der Waals surface area (Å²) in [5.74, 6) is -1.55. The Bertz CT molecular complexity index is 251. The largest absolute Gasteiger partial charge is 0.405 e. The zero-order chi connectivity index (χ0) is 13.0. The maximum atomic E-state index is 12.2. The molecule has 0 aliphatic heterocycles. The number of halogens is 3. The van der Waals surface area contributed by atoms with Gasteiger partial charge in [0.25, 0.3) is 0 Å². The van der Waals surface area contributed by atoms with Crippen molar-refractivity contribution in [2.75, 3.05) is 13.1 Å². The summed E-state index contributed by atoms with van der Waals surface area (Å²) in [4.78, 5) is 0. The smallest absolute Gasteiger partial charge is 0.315 e. The molecule has 0 aromatic carbocycles. The third-order valence-corrected chi connectivity index (χ3v) is 3.04. The summed E-state index contributed by atoms with van der Waals surface area (Å²) < 4.78 is 36.7. The first-order valence-electron chi connectivity index (χ1n) is 5.28. The number of rotatable bonds is 5. The minimum Gasteiger partial charge on any atom is -0.315 e. The van der Waals surface area contributed by atoms with Crippen LogP contribution in [-0.2, 0) is 0 Å². The highest BCUT2D eigenvalue weighted by atomic mass is 19.4. The molecule has 1 N–H and O–H groups in total. The van der Waals surface area contributed by atoms with E-state index in [2.05, 4.69) is 5.32 Å². The summed E-state index contributed by atoms with van der Waals surface area (Å²) in [7, 11) is 0. The Morgan fingerprint density at radius 3 is 2.06 bits per heavy atom. The van der Waals surface area contributed by atoms with E-state index in [4.69, 9.17) is 5.26 Å². The van der Waals surface area contributed by atoms with Gasteiger partial charge in [-0.05, 0) is 11.3 Å². The van der Waals surface area contributed by atoms with Crippen molar-refractivity contribution in [2.45, 2.75) is 33.9 Å². The Morgan fingerprint density at radius 1 is 1.25 bits per heavy atom. The van der Waals surface area contributed by atoms with E-state index in [1.165, 1.54) is 6.07 Å². The van der Waals surface area contributed by atoms with Crippen molar-refractivity contribution in [3.63, 3.8) is 0 Å². The van der Waals surface area contributed by atoms with Crippen LogP contribution in [0.25, 0.3) is 0 Å². The molecule has 1 atom stereocenters. The monoisotopic (exact) mass is 236 g/mol. The zero-order valence-electron chi connectivity index (χ0n) is 10.2. The summed E-state index contributed by atoms with van der Waals surface area (Å²) >= 11 is 0. The van der Waals surface area contributed by atoms with E-state index >= 15 is 0 Å². The fraction of sp³-hybridized carbons (Fsp3) is 0.909. The number of hydrogen-bond acceptors (Lipinski definition) is 2. The van der Waals surface area contributed by atoms with Gasteiger partial charge in [-0.15, -0.1) is 0 Å². The maximum absolute atomic E-state index is 12.2. The zero-order valence-corrected chi connectivity index (χ0v) is 10.2. The van der Waals surface area contributed by atoms with E-state index in [0.717, 1.165) is 0 Å². The summed E-state index contributed by atoms with van der Waals surface area (Å²) in [6.07, 6.45) is -4.44. The topological polar surface area (TPSA) is 35.8 Å². The van der Waals surface area contributed by atoms with Crippen molar-refractivity contribution in [3.8, 4) is 6.07 Å². The predicted octanol–water partition coefficient (Wildman–Crippen LogP) is 2.96. The lowest BCUT2D eigenvalue weighted by atomic mass is 9.81. The molecule has 16 heavy (non-hydrogen) atoms. The molecule has 0 fully saturated rings. The first-order valence-corrected chi connectivity index (χ1v) is 5.28. The van der Waals surface area contributed by atoms with Crippen molar-refractivity contribution < 1.29 is 13.2 Å². The van der Waals surface area contributed by atoms with E-state index in [1.807, 2.05) is 27.7 Å². The summed E-state index contributed by atoms with van der Waals surface area (Å²) in [6, 6.07) is 1.27. The van der Waals surface area contributed by atoms with Gasteiger partial charge in [0.05, 0.1) is 6.07 Å². The third-order valence-electron chi connectivity index (χ3n) is 3.04. The van der Waals surface area contributed by atoms with Crippen LogP contribution in [0.4, 0.5) is 13.2 Å². The van der Waals surface area contributed by atoms with Crippen LogP contribution in [0.15, 0.2) is 0 Å². The second-order valence-corrected chi connectivity index (χ2v) is 5.00. The van der Waals surface area contributed by atoms with Gasteiger partial charge >= 0.3 is 6.18 Å². The van der Waals surface area contributed by atoms with Gasteiger partial charge in [0, 0.05) is 13.1 Å². The van der Waals surface area contributed by atoms with Gasteiger partial charge in [-0.3, -0.25) is 0 Å². The molecule has 1 unspecified atom stereocenters. The fourth-order valence-corrected chi connectivity index (χ4v) is 0.977. The van der Waals surface area contributed by atoms with Crippen molar-refractivity contribution in [3.05, 3.63) is 0 Å². The molecule has 0 amide bonds. The molecule has 94 valence electrons. The lowest BCUT2D eigenvalue weighted by Crippen LogP contribution is -2.39. The lowest BCUT2D eigenvalue weighted by molar-refractivity contribution is -0.157. The fourth-order valence-electron chi connectivity index (χ4n) is 0.977. The third kappa shape index (κ3) is 4.84. The molecular weight excluding hydrogens is 217 g/mol. The molecular formula is C11H19F3N2. The number of nitrogens with one attached hydrogen (secondary N) is 1. The number of nitrogens with zero attached hydrogens (tertiary/aromatic N) is 1. The standard InChI is InChI=1S/C11H19F3N2/c1-8(2)10(3,4)7-16-6-9(5-15)11(12,13)14/h8-9,16H,6-7H2,1-4H3. The molecule has 0 bridgehead atoms. The van der Waals surface area contributed by atoms with E-state index in [0.29, 0.717) is 12.5 Å². The summed E-state index contributed by atoms with van der Waals surface area (Å²) in [5, 5.41) is 11.1. The molecule has 0 spiro atoms. The van der Waals surface area contributed by atoms with Crippen LogP contribution >= 0.6 is 0 Å². The van der Waals surface area contributed by atoms with Gasteiger partial charge in [-0.2, -0.15) is 18.4 Å². The van der Waals surface area contributed by atoms with Crippen molar-refractivity contribution in [1.82, 2.24) is 5.32 Å². The van der Waals surface area contributed by atoms with Crippen LogP contribution in [0.1, 0.15) is 27.7 Å². The molecule has 2 nitrogen and oxygen atoms in total. The number of nitriles is 1. The normalized spacial score (nSPS) is 14.9. The van der Waals surface area contributed by atoms with Gasteiger partial charge in [-0.1, -0.05) is 27.7 Å². The molecule has 0 aliphatic rings. The summed E-state index contributed by atoms with van der Waals surface area (Å²) in [6.45, 7) is 8.15. The Labute approximate surface area is 94.8 Å². The Balaban J connectivity index is 4.13. The molecule has 0 aliphatic carbocycles. The van der Waals surface area contributed by atoms with E-state index in [9.17, 15) is 13.2 Å². The Hall–Kier alpha value is -0.760. The molecule has 0 radical (unpaired) electrons. The number of hydrogen-bond donors (Lipinski definition) is 1. The summed E-state index contributed by atoms with van der Waals surface area (Å²) in [5.41, 5.74) is -0.0778. The van der Waals surface area contributed by atoms with Gasteiger partial charge in [0.2, 0.25) is 0 Å². The molecule has 0 aromatic rings. The predicted molar refractivity (Wildman–Crippen MR) is 56.6 cm³/mol. The maximum Gasteiger partial charge on any atom is 0.405 e. The van der Waals surface area contributed by atoms with Crippen LogP contribution in [0, 0.1) is 28.6 Å². The minimum atomic E-state index is -4.44. The van der Waals surface area contributed by atoms with E-state index in [-0.39, 0.29) is 12.0 Å². The lowest BCUT2D eigenvalue weighted by Gasteiger charge is -2.30. The van der Waals surface area contributed by atoms with Crippen LogP contribution in [0.2, 0.25) is 0 Å². The SMILES string of the molecule is CC(C)C(C)(C)CNCC(C#N)C(F)(F)F. The molecule has 5 heteroatoms. The molecule has 0 heterocycles. The molecule has 0 saturated carbocycles. The molecule has 0 saturated heterocycles. The molecule has 0 rings (SSSR count). The second-order valence-electron chi connectivity index (χ2n) is 5.00. The van der Waals surface area contributed by atoms with Crippen LogP contribution in [0.3, 0.4) is 0 Å². The minimum absolute atomic E-state index is 0.0778. The van der Waals surface area contributed by atoms with Crippen molar-refractivity contribution in [2.24, 2.45) is 17.3 Å². The van der Waals surface area contributed by atoms with Gasteiger partial charge in [0.1, 0.15) is 0 Å². The highest BCUT2D eigenvalue weighted by Gasteiger charge is 2.39. The highest BCUT2D eigenvalue weighted by Crippen LogP contribution is 2.27. The first-order chi connectivity index (χ1) is 7.11. The van der Waals surface area contributed by atoms with Crippen LogP contribution in [-0.4, -0.2) is 19.3 Å². The van der Waals surface area contributed by atoms with Crippen LogP contribution < -0.4 is 5.32 Å². The Morgan fingerprint density at radius 2 is 1.75 bits per heavy atom. The van der Waals surface area contributed by atoms with Gasteiger partial charge in [0.15, 0.2) is 5.92 Å². The van der Waals surface area contributed by atoms with Gasteiger partial charge < -0.3 is 5.32 Å². The second kappa shape index (κ2) is 5.53. The van der Waals surface area contributed by atoms with E-state index in [1.54, 1.807) is 0 Å². The Kier molecular flexibility index (Phi) is 5.27. The van der Waals surface area contributed by atoms with Gasteiger partial charge in [-0.25, -0.2) is 0 Å². The van der Waals surface area contributed by atoms with E-state index < -0.39 is 12.1 Å². The quantitative estimate of drug-likeness (QED) is 0.796. The number of alkyl halides is 3. The van der Waals surface area contributed by atoms with Crippen molar-refractivity contribution >= 4 is 0 Å². The van der Waals surface area contributed by atoms with Crippen molar-refractivity contribution in [1.29, 1.82) is 5.26 Å².